The maximum absolute atomic E-state index is 10.4. The molecule has 1 aliphatic carbocycles. The predicted octanol–water partition coefficient (Wildman–Crippen LogP) is 4.30. The van der Waals surface area contributed by atoms with Gasteiger partial charge in [-0.15, -0.1) is 11.3 Å². The second-order valence-electron chi connectivity index (χ2n) is 8.13. The molecule has 0 unspecified atom stereocenters. The Labute approximate surface area is 180 Å². The van der Waals surface area contributed by atoms with Crippen molar-refractivity contribution in [2.24, 2.45) is 0 Å². The molecule has 3 aromatic rings. The Kier molecular flexibility index (Phi) is 5.45. The van der Waals surface area contributed by atoms with E-state index < -0.39 is 6.10 Å². The summed E-state index contributed by atoms with van der Waals surface area (Å²) < 4.78 is 11.9. The highest BCUT2D eigenvalue weighted by atomic mass is 32.1. The van der Waals surface area contributed by atoms with E-state index in [0.29, 0.717) is 12.4 Å². The Morgan fingerprint density at radius 3 is 2.90 bits per heavy atom. The Hall–Kier alpha value is -2.06. The van der Waals surface area contributed by atoms with Crippen LogP contribution in [0.15, 0.2) is 18.2 Å². The Bertz CT molecular complexity index is 1080. The van der Waals surface area contributed by atoms with E-state index in [-0.39, 0.29) is 0 Å². The first-order valence-corrected chi connectivity index (χ1v) is 11.5. The van der Waals surface area contributed by atoms with Gasteiger partial charge >= 0.3 is 0 Å². The van der Waals surface area contributed by atoms with Crippen molar-refractivity contribution in [3.05, 3.63) is 45.6 Å². The number of aryl methyl sites for hydroxylation is 2. The summed E-state index contributed by atoms with van der Waals surface area (Å²) in [5.41, 5.74) is 3.26. The molecule has 3 heterocycles. The lowest BCUT2D eigenvalue weighted by molar-refractivity contribution is 0.0330. The third-order valence-electron chi connectivity index (χ3n) is 6.15. The molecule has 0 amide bonds. The smallest absolute Gasteiger partial charge is 0.231 e. The van der Waals surface area contributed by atoms with E-state index in [9.17, 15) is 5.11 Å². The number of rotatable bonds is 4. The maximum Gasteiger partial charge on any atom is 0.231 e. The number of aromatic nitrogens is 2. The summed E-state index contributed by atoms with van der Waals surface area (Å²) in [5, 5.41) is 11.4. The quantitative estimate of drug-likeness (QED) is 0.672. The zero-order chi connectivity index (χ0) is 20.7. The summed E-state index contributed by atoms with van der Waals surface area (Å²) in [6.45, 7) is 8.21. The van der Waals surface area contributed by atoms with Gasteiger partial charge in [0.2, 0.25) is 5.88 Å². The monoisotopic (exact) mass is 425 g/mol. The molecule has 1 saturated heterocycles. The number of fused-ring (bicyclic) bond motifs is 2. The number of benzene rings is 1. The molecule has 1 fully saturated rings. The van der Waals surface area contributed by atoms with Crippen LogP contribution in [0.1, 0.15) is 46.3 Å². The van der Waals surface area contributed by atoms with Crippen LogP contribution in [0, 0.1) is 13.8 Å². The minimum absolute atomic E-state index is 0.412. The van der Waals surface area contributed by atoms with Gasteiger partial charge in [0.05, 0.1) is 31.2 Å². The SMILES string of the molecule is Cc1sc2nc(CN3CCOCC3)nc(Oc3cccc4c3CCC[C@@H]4O)c2c1C. The molecule has 5 rings (SSSR count). The van der Waals surface area contributed by atoms with Gasteiger partial charge in [0.25, 0.3) is 0 Å². The minimum atomic E-state index is -0.412. The number of aliphatic hydroxyl groups excluding tert-OH is 1. The zero-order valence-corrected chi connectivity index (χ0v) is 18.3. The lowest BCUT2D eigenvalue weighted by Crippen LogP contribution is -2.36. The lowest BCUT2D eigenvalue weighted by atomic mass is 9.89. The minimum Gasteiger partial charge on any atom is -0.438 e. The summed E-state index contributed by atoms with van der Waals surface area (Å²) in [5.74, 6) is 2.20. The molecule has 0 bridgehead atoms. The van der Waals surface area contributed by atoms with Crippen molar-refractivity contribution in [1.29, 1.82) is 0 Å². The fourth-order valence-electron chi connectivity index (χ4n) is 4.35. The Morgan fingerprint density at radius 1 is 1.23 bits per heavy atom. The molecule has 7 heteroatoms. The number of thiophene rings is 1. The highest BCUT2D eigenvalue weighted by Gasteiger charge is 2.23. The van der Waals surface area contributed by atoms with Gasteiger partial charge in [0.15, 0.2) is 0 Å². The van der Waals surface area contributed by atoms with E-state index in [4.69, 9.17) is 19.4 Å². The molecule has 158 valence electrons. The van der Waals surface area contributed by atoms with Crippen LogP contribution in [-0.2, 0) is 17.7 Å². The largest absolute Gasteiger partial charge is 0.438 e. The van der Waals surface area contributed by atoms with Crippen LogP contribution < -0.4 is 4.74 Å². The van der Waals surface area contributed by atoms with Crippen molar-refractivity contribution in [3.63, 3.8) is 0 Å². The molecule has 2 aromatic heterocycles. The summed E-state index contributed by atoms with van der Waals surface area (Å²) in [6.07, 6.45) is 2.27. The maximum atomic E-state index is 10.4. The first-order valence-electron chi connectivity index (χ1n) is 10.6. The highest BCUT2D eigenvalue weighted by Crippen LogP contribution is 2.40. The fraction of sp³-hybridized carbons (Fsp3) is 0.478. The molecular weight excluding hydrogens is 398 g/mol. The van der Waals surface area contributed by atoms with Gasteiger partial charge in [-0.2, -0.15) is 4.98 Å². The molecule has 1 aromatic carbocycles. The second kappa shape index (κ2) is 8.23. The molecule has 1 atom stereocenters. The van der Waals surface area contributed by atoms with Crippen molar-refractivity contribution in [2.75, 3.05) is 26.3 Å². The third kappa shape index (κ3) is 3.71. The number of hydrogen-bond acceptors (Lipinski definition) is 7. The molecule has 0 spiro atoms. The topological polar surface area (TPSA) is 67.7 Å². The molecule has 1 N–H and O–H groups in total. The fourth-order valence-corrected chi connectivity index (χ4v) is 5.39. The number of ether oxygens (including phenoxy) is 2. The summed E-state index contributed by atoms with van der Waals surface area (Å²) >= 11 is 1.69. The van der Waals surface area contributed by atoms with E-state index >= 15 is 0 Å². The Balaban J connectivity index is 1.55. The predicted molar refractivity (Wildman–Crippen MR) is 117 cm³/mol. The molecule has 0 radical (unpaired) electrons. The van der Waals surface area contributed by atoms with Crippen molar-refractivity contribution >= 4 is 21.6 Å². The van der Waals surface area contributed by atoms with Crippen LogP contribution in [0.3, 0.4) is 0 Å². The van der Waals surface area contributed by atoms with Crippen LogP contribution >= 0.6 is 11.3 Å². The van der Waals surface area contributed by atoms with Gasteiger partial charge in [-0.3, -0.25) is 4.90 Å². The van der Waals surface area contributed by atoms with Crippen molar-refractivity contribution in [3.8, 4) is 11.6 Å². The van der Waals surface area contributed by atoms with Crippen molar-refractivity contribution in [1.82, 2.24) is 14.9 Å². The van der Waals surface area contributed by atoms with Crippen molar-refractivity contribution in [2.45, 2.75) is 45.8 Å². The van der Waals surface area contributed by atoms with E-state index in [2.05, 4.69) is 18.7 Å². The summed E-state index contributed by atoms with van der Waals surface area (Å²) in [6, 6.07) is 5.95. The number of aliphatic hydroxyl groups is 1. The number of hydrogen-bond donors (Lipinski definition) is 1. The van der Waals surface area contributed by atoms with Crippen molar-refractivity contribution < 1.29 is 14.6 Å². The molecule has 6 nitrogen and oxygen atoms in total. The van der Waals surface area contributed by atoms with Crippen LogP contribution in [-0.4, -0.2) is 46.3 Å². The molecule has 0 saturated carbocycles. The van der Waals surface area contributed by atoms with Gasteiger partial charge < -0.3 is 14.6 Å². The molecular formula is C23H27N3O3S. The van der Waals surface area contributed by atoms with E-state index in [1.165, 1.54) is 10.4 Å². The van der Waals surface area contributed by atoms with Crippen LogP contribution in [0.2, 0.25) is 0 Å². The van der Waals surface area contributed by atoms with Crippen LogP contribution in [0.25, 0.3) is 10.2 Å². The molecule has 2 aliphatic rings. The van der Waals surface area contributed by atoms with Gasteiger partial charge in [0, 0.05) is 23.5 Å². The number of nitrogens with zero attached hydrogens (tertiary/aromatic N) is 3. The van der Waals surface area contributed by atoms with Gasteiger partial charge in [0.1, 0.15) is 16.4 Å². The average Bonchev–Trinajstić information content (AvgIpc) is 3.03. The summed E-state index contributed by atoms with van der Waals surface area (Å²) in [7, 11) is 0. The second-order valence-corrected chi connectivity index (χ2v) is 9.33. The zero-order valence-electron chi connectivity index (χ0n) is 17.5. The van der Waals surface area contributed by atoms with E-state index in [1.54, 1.807) is 11.3 Å². The highest BCUT2D eigenvalue weighted by molar-refractivity contribution is 7.18. The van der Waals surface area contributed by atoms with Crippen LogP contribution in [0.4, 0.5) is 0 Å². The van der Waals surface area contributed by atoms with Gasteiger partial charge in [-0.25, -0.2) is 4.98 Å². The molecule has 30 heavy (non-hydrogen) atoms. The first kappa shape index (κ1) is 19.9. The molecule has 1 aliphatic heterocycles. The normalized spacial score (nSPS) is 19.8. The van der Waals surface area contributed by atoms with Crippen LogP contribution in [0.5, 0.6) is 11.6 Å². The standard InChI is InChI=1S/C23H27N3O3S/c1-14-15(2)30-23-21(14)22(24-20(25-23)13-26-9-11-28-12-10-26)29-19-8-4-5-16-17(19)6-3-7-18(16)27/h4-5,8,18,27H,3,6-7,9-13H2,1-2H3/t18-/m0/s1. The Morgan fingerprint density at radius 2 is 2.07 bits per heavy atom. The van der Waals surface area contributed by atoms with Gasteiger partial charge in [-0.1, -0.05) is 12.1 Å². The summed E-state index contributed by atoms with van der Waals surface area (Å²) in [4.78, 5) is 14.2. The lowest BCUT2D eigenvalue weighted by Gasteiger charge is -2.26. The third-order valence-corrected chi connectivity index (χ3v) is 7.25. The first-order chi connectivity index (χ1) is 14.6. The van der Waals surface area contributed by atoms with E-state index in [1.807, 2.05) is 18.2 Å². The number of morpholine rings is 1. The van der Waals surface area contributed by atoms with E-state index in [0.717, 1.165) is 78.5 Å². The average molecular weight is 426 g/mol. The van der Waals surface area contributed by atoms with Gasteiger partial charge in [-0.05, 0) is 50.3 Å².